The van der Waals surface area contributed by atoms with Gasteiger partial charge in [-0.3, -0.25) is 0 Å². The van der Waals surface area contributed by atoms with E-state index in [0.717, 1.165) is 72.0 Å². The number of aromatic nitrogens is 3. The van der Waals surface area contributed by atoms with Crippen LogP contribution in [0.1, 0.15) is 0 Å². The first-order chi connectivity index (χ1) is 31.2. The average molecular weight is 804 g/mol. The summed E-state index contributed by atoms with van der Waals surface area (Å²) in [6.07, 6.45) is 0. The Bertz CT molecular complexity index is 3680. The van der Waals surface area contributed by atoms with Gasteiger partial charge in [0, 0.05) is 27.5 Å². The van der Waals surface area contributed by atoms with Crippen LogP contribution in [-0.4, -0.2) is 15.0 Å². The normalized spacial score (nSPS) is 11.5. The largest absolute Gasteiger partial charge is 0.456 e. The van der Waals surface area contributed by atoms with Crippen molar-refractivity contribution in [3.05, 3.63) is 224 Å². The number of hydrogen-bond acceptors (Lipinski definition) is 4. The smallest absolute Gasteiger partial charge is 0.164 e. The Balaban J connectivity index is 0.918. The molecule has 2 aromatic heterocycles. The van der Waals surface area contributed by atoms with Crippen molar-refractivity contribution < 1.29 is 4.42 Å². The summed E-state index contributed by atoms with van der Waals surface area (Å²) >= 11 is 0. The molecule has 0 aliphatic heterocycles. The minimum absolute atomic E-state index is 0.618. The predicted octanol–water partition coefficient (Wildman–Crippen LogP) is 15.7. The molecule has 294 valence electrons. The van der Waals surface area contributed by atoms with Crippen LogP contribution in [0.3, 0.4) is 0 Å². The number of rotatable bonds is 7. The van der Waals surface area contributed by atoms with E-state index in [-0.39, 0.29) is 0 Å². The highest BCUT2D eigenvalue weighted by Crippen LogP contribution is 2.38. The second-order valence-electron chi connectivity index (χ2n) is 16.0. The Morgan fingerprint density at radius 1 is 0.254 bits per heavy atom. The van der Waals surface area contributed by atoms with Crippen molar-refractivity contribution in [1.29, 1.82) is 0 Å². The molecule has 2 heterocycles. The van der Waals surface area contributed by atoms with Crippen LogP contribution in [0.5, 0.6) is 0 Å². The number of hydrogen-bond donors (Lipinski definition) is 0. The molecule has 0 fully saturated rings. The molecule has 0 saturated carbocycles. The molecule has 4 heteroatoms. The molecule has 0 bridgehead atoms. The van der Waals surface area contributed by atoms with Crippen LogP contribution in [0.15, 0.2) is 229 Å². The lowest BCUT2D eigenvalue weighted by Crippen LogP contribution is -2.00. The standard InChI is InChI=1S/C59H37N3O/c1-2-11-38(12-3-1)43-15-8-17-50(36-43)58-60-57(41-26-23-40(24-27-41)45-28-25-39-13-4-5-14-42(39)33-45)61-59(62-58)51-18-9-16-44(37-51)46-29-30-48-35-49(32-31-47(48)34-46)52-20-10-22-55-56(52)53-19-6-7-21-54(53)63-55/h1-37H. The lowest BCUT2D eigenvalue weighted by Gasteiger charge is -2.12. The number of para-hydroxylation sites is 1. The molecule has 0 radical (unpaired) electrons. The highest BCUT2D eigenvalue weighted by Gasteiger charge is 2.16. The molecular weight excluding hydrogens is 767 g/mol. The zero-order valence-corrected chi connectivity index (χ0v) is 34.1. The highest BCUT2D eigenvalue weighted by molar-refractivity contribution is 6.13. The van der Waals surface area contributed by atoms with Crippen LogP contribution >= 0.6 is 0 Å². The first kappa shape index (κ1) is 36.4. The Morgan fingerprint density at radius 3 is 1.41 bits per heavy atom. The Hall–Kier alpha value is -8.47. The van der Waals surface area contributed by atoms with Crippen molar-refractivity contribution in [3.8, 4) is 78.7 Å². The second kappa shape index (κ2) is 15.2. The molecule has 0 spiro atoms. The molecule has 10 aromatic carbocycles. The van der Waals surface area contributed by atoms with Gasteiger partial charge in [0.05, 0.1) is 0 Å². The van der Waals surface area contributed by atoms with Crippen molar-refractivity contribution >= 4 is 43.5 Å². The molecule has 12 aromatic rings. The zero-order valence-electron chi connectivity index (χ0n) is 34.1. The summed E-state index contributed by atoms with van der Waals surface area (Å²) in [5.41, 5.74) is 13.7. The van der Waals surface area contributed by atoms with Gasteiger partial charge in [-0.1, -0.05) is 182 Å². The summed E-state index contributed by atoms with van der Waals surface area (Å²) in [4.78, 5) is 15.4. The van der Waals surface area contributed by atoms with Crippen LogP contribution in [-0.2, 0) is 0 Å². The molecule has 0 atom stereocenters. The van der Waals surface area contributed by atoms with Crippen LogP contribution in [0.4, 0.5) is 0 Å². The van der Waals surface area contributed by atoms with Crippen LogP contribution < -0.4 is 0 Å². The number of fused-ring (bicyclic) bond motifs is 5. The van der Waals surface area contributed by atoms with E-state index in [1.54, 1.807) is 0 Å². The van der Waals surface area contributed by atoms with Crippen molar-refractivity contribution in [2.45, 2.75) is 0 Å². The summed E-state index contributed by atoms with van der Waals surface area (Å²) in [6, 6.07) is 78.9. The fraction of sp³-hybridized carbons (Fsp3) is 0. The van der Waals surface area contributed by atoms with Crippen LogP contribution in [0, 0.1) is 0 Å². The predicted molar refractivity (Wildman–Crippen MR) is 260 cm³/mol. The van der Waals surface area contributed by atoms with Gasteiger partial charge in [-0.25, -0.2) is 15.0 Å². The maximum atomic E-state index is 6.21. The molecule has 0 N–H and O–H groups in total. The molecule has 63 heavy (non-hydrogen) atoms. The molecule has 0 amide bonds. The number of nitrogens with zero attached hydrogens (tertiary/aromatic N) is 3. The first-order valence-corrected chi connectivity index (χ1v) is 21.2. The van der Waals surface area contributed by atoms with Crippen LogP contribution in [0.2, 0.25) is 0 Å². The topological polar surface area (TPSA) is 51.8 Å². The van der Waals surface area contributed by atoms with Gasteiger partial charge in [-0.15, -0.1) is 0 Å². The van der Waals surface area contributed by atoms with E-state index in [0.29, 0.717) is 17.5 Å². The van der Waals surface area contributed by atoms with Gasteiger partial charge in [0.25, 0.3) is 0 Å². The Morgan fingerprint density at radius 2 is 0.683 bits per heavy atom. The van der Waals surface area contributed by atoms with E-state index < -0.39 is 0 Å². The third kappa shape index (κ3) is 6.80. The van der Waals surface area contributed by atoms with E-state index in [4.69, 9.17) is 19.4 Å². The quantitative estimate of drug-likeness (QED) is 0.161. The van der Waals surface area contributed by atoms with E-state index >= 15 is 0 Å². The number of benzene rings is 10. The van der Waals surface area contributed by atoms with Gasteiger partial charge in [-0.2, -0.15) is 0 Å². The summed E-state index contributed by atoms with van der Waals surface area (Å²) in [5, 5.41) is 7.07. The van der Waals surface area contributed by atoms with Gasteiger partial charge in [0.1, 0.15) is 11.2 Å². The van der Waals surface area contributed by atoms with E-state index in [2.05, 4.69) is 200 Å². The molecule has 12 rings (SSSR count). The van der Waals surface area contributed by atoms with Crippen molar-refractivity contribution in [1.82, 2.24) is 15.0 Å². The van der Waals surface area contributed by atoms with Gasteiger partial charge in [0.15, 0.2) is 17.5 Å². The third-order valence-electron chi connectivity index (χ3n) is 12.1. The van der Waals surface area contributed by atoms with Crippen molar-refractivity contribution in [2.75, 3.05) is 0 Å². The second-order valence-corrected chi connectivity index (χ2v) is 16.0. The fourth-order valence-corrected chi connectivity index (χ4v) is 8.86. The Labute approximate surface area is 364 Å². The third-order valence-corrected chi connectivity index (χ3v) is 12.1. The lowest BCUT2D eigenvalue weighted by molar-refractivity contribution is 0.669. The highest BCUT2D eigenvalue weighted by atomic mass is 16.3. The molecule has 0 unspecified atom stereocenters. The lowest BCUT2D eigenvalue weighted by atomic mass is 9.95. The number of furan rings is 1. The summed E-state index contributed by atoms with van der Waals surface area (Å²) in [6.45, 7) is 0. The van der Waals surface area contributed by atoms with Crippen LogP contribution in [0.25, 0.3) is 122 Å². The summed E-state index contributed by atoms with van der Waals surface area (Å²) < 4.78 is 6.21. The van der Waals surface area contributed by atoms with Crippen molar-refractivity contribution in [2.24, 2.45) is 0 Å². The minimum Gasteiger partial charge on any atom is -0.456 e. The zero-order chi connectivity index (χ0) is 41.7. The first-order valence-electron chi connectivity index (χ1n) is 21.2. The summed E-state index contributed by atoms with van der Waals surface area (Å²) in [7, 11) is 0. The minimum atomic E-state index is 0.618. The fourth-order valence-electron chi connectivity index (χ4n) is 8.86. The van der Waals surface area contributed by atoms with Gasteiger partial charge < -0.3 is 4.42 Å². The van der Waals surface area contributed by atoms with Gasteiger partial charge >= 0.3 is 0 Å². The van der Waals surface area contributed by atoms with E-state index in [1.807, 2.05) is 24.3 Å². The summed E-state index contributed by atoms with van der Waals surface area (Å²) in [5.74, 6) is 1.86. The van der Waals surface area contributed by atoms with Gasteiger partial charge in [-0.05, 0) is 109 Å². The van der Waals surface area contributed by atoms with E-state index in [1.165, 1.54) is 32.7 Å². The maximum Gasteiger partial charge on any atom is 0.164 e. The van der Waals surface area contributed by atoms with E-state index in [9.17, 15) is 0 Å². The SMILES string of the molecule is c1ccc(-c2cccc(-c3nc(-c4ccc(-c5ccc6ccccc6c5)cc4)nc(-c4cccc(-c5ccc6cc(-c7cccc8oc9ccccc9c78)ccc6c5)c4)n3)c2)cc1. The van der Waals surface area contributed by atoms with Gasteiger partial charge in [0.2, 0.25) is 0 Å². The average Bonchev–Trinajstić information content (AvgIpc) is 3.75. The molecule has 0 aliphatic carbocycles. The maximum absolute atomic E-state index is 6.21. The molecule has 0 saturated heterocycles. The molecular formula is C59H37N3O. The van der Waals surface area contributed by atoms with Crippen molar-refractivity contribution in [3.63, 3.8) is 0 Å². The molecule has 4 nitrogen and oxygen atoms in total. The monoisotopic (exact) mass is 803 g/mol. The Kier molecular flexibility index (Phi) is 8.79. The molecule has 0 aliphatic rings.